The standard InChI is InChI=1S/C12H19N5O3/c1-3-13-11-10(17(19)20)12(15-7-14-11)16(2)6-8-4-9(18)5-8/h7-9,18H,3-6H2,1-2H3,(H,13,14,15). The SMILES string of the molecule is CCNc1ncnc(N(C)CC2CC(O)C2)c1[N+](=O)[O-]. The summed E-state index contributed by atoms with van der Waals surface area (Å²) in [6.45, 7) is 3.04. The fraction of sp³-hybridized carbons (Fsp3) is 0.667. The van der Waals surface area contributed by atoms with Crippen LogP contribution in [0.5, 0.6) is 0 Å². The molecule has 0 atom stereocenters. The van der Waals surface area contributed by atoms with Crippen LogP contribution in [0.15, 0.2) is 6.33 Å². The van der Waals surface area contributed by atoms with Crippen molar-refractivity contribution in [3.05, 3.63) is 16.4 Å². The summed E-state index contributed by atoms with van der Waals surface area (Å²) in [5.74, 6) is 0.900. The summed E-state index contributed by atoms with van der Waals surface area (Å²) in [6, 6.07) is 0. The molecule has 1 heterocycles. The van der Waals surface area contributed by atoms with Crippen molar-refractivity contribution in [2.75, 3.05) is 30.4 Å². The number of hydrogen-bond donors (Lipinski definition) is 2. The van der Waals surface area contributed by atoms with E-state index in [9.17, 15) is 15.2 Å². The topological polar surface area (TPSA) is 104 Å². The second-order valence-electron chi connectivity index (χ2n) is 5.05. The highest BCUT2D eigenvalue weighted by Crippen LogP contribution is 2.34. The number of aromatic nitrogens is 2. The van der Waals surface area contributed by atoms with Gasteiger partial charge in [0.1, 0.15) is 6.33 Å². The zero-order valence-electron chi connectivity index (χ0n) is 11.6. The molecule has 0 bridgehead atoms. The number of nitrogens with one attached hydrogen (secondary N) is 1. The van der Waals surface area contributed by atoms with Crippen molar-refractivity contribution < 1.29 is 10.0 Å². The van der Waals surface area contributed by atoms with Gasteiger partial charge in [-0.2, -0.15) is 0 Å². The molecule has 8 heteroatoms. The second kappa shape index (κ2) is 6.00. The number of hydrogen-bond acceptors (Lipinski definition) is 7. The maximum Gasteiger partial charge on any atom is 0.353 e. The summed E-state index contributed by atoms with van der Waals surface area (Å²) in [4.78, 5) is 20.5. The predicted octanol–water partition coefficient (Wildman–Crippen LogP) is 1.02. The Morgan fingerprint density at radius 2 is 2.25 bits per heavy atom. The first-order valence-electron chi connectivity index (χ1n) is 6.65. The largest absolute Gasteiger partial charge is 0.393 e. The Bertz CT molecular complexity index is 490. The first-order valence-corrected chi connectivity index (χ1v) is 6.65. The van der Waals surface area contributed by atoms with E-state index >= 15 is 0 Å². The quantitative estimate of drug-likeness (QED) is 0.592. The highest BCUT2D eigenvalue weighted by atomic mass is 16.6. The van der Waals surface area contributed by atoms with Gasteiger partial charge in [-0.1, -0.05) is 0 Å². The zero-order chi connectivity index (χ0) is 14.7. The number of anilines is 2. The molecule has 0 spiro atoms. The molecule has 1 saturated carbocycles. The van der Waals surface area contributed by atoms with E-state index in [1.807, 2.05) is 6.92 Å². The van der Waals surface area contributed by atoms with Gasteiger partial charge in [0.2, 0.25) is 11.6 Å². The Morgan fingerprint density at radius 1 is 1.55 bits per heavy atom. The Balaban J connectivity index is 2.20. The number of nitro groups is 1. The minimum atomic E-state index is -0.459. The van der Waals surface area contributed by atoms with Crippen LogP contribution in [-0.4, -0.2) is 46.2 Å². The van der Waals surface area contributed by atoms with Crippen LogP contribution in [0.2, 0.25) is 0 Å². The Morgan fingerprint density at radius 3 is 2.80 bits per heavy atom. The third kappa shape index (κ3) is 2.96. The second-order valence-corrected chi connectivity index (χ2v) is 5.05. The average Bonchev–Trinajstić information content (AvgIpc) is 2.36. The van der Waals surface area contributed by atoms with E-state index < -0.39 is 4.92 Å². The van der Waals surface area contributed by atoms with Crippen molar-refractivity contribution >= 4 is 17.3 Å². The van der Waals surface area contributed by atoms with Gasteiger partial charge in [0.25, 0.3) is 0 Å². The molecule has 8 nitrogen and oxygen atoms in total. The summed E-state index contributed by atoms with van der Waals surface area (Å²) in [5.41, 5.74) is -0.100. The first kappa shape index (κ1) is 14.4. The van der Waals surface area contributed by atoms with Gasteiger partial charge in [-0.05, 0) is 25.7 Å². The van der Waals surface area contributed by atoms with Crippen molar-refractivity contribution in [2.24, 2.45) is 5.92 Å². The van der Waals surface area contributed by atoms with Crippen LogP contribution in [0.1, 0.15) is 19.8 Å². The summed E-state index contributed by atoms with van der Waals surface area (Å²) in [5, 5.41) is 23.4. The molecule has 2 rings (SSSR count). The van der Waals surface area contributed by atoms with Crippen LogP contribution in [0.4, 0.5) is 17.3 Å². The lowest BCUT2D eigenvalue weighted by Gasteiger charge is -2.34. The van der Waals surface area contributed by atoms with Crippen molar-refractivity contribution in [1.82, 2.24) is 9.97 Å². The molecule has 20 heavy (non-hydrogen) atoms. The minimum absolute atomic E-state index is 0.100. The van der Waals surface area contributed by atoms with E-state index in [-0.39, 0.29) is 17.6 Å². The van der Waals surface area contributed by atoms with Gasteiger partial charge in [-0.3, -0.25) is 10.1 Å². The van der Waals surface area contributed by atoms with Crippen LogP contribution in [0.3, 0.4) is 0 Å². The molecule has 0 saturated heterocycles. The van der Waals surface area contributed by atoms with Crippen LogP contribution in [-0.2, 0) is 0 Å². The number of rotatable bonds is 6. The van der Waals surface area contributed by atoms with E-state index in [2.05, 4.69) is 15.3 Å². The van der Waals surface area contributed by atoms with Gasteiger partial charge in [-0.25, -0.2) is 9.97 Å². The van der Waals surface area contributed by atoms with Gasteiger partial charge < -0.3 is 15.3 Å². The van der Waals surface area contributed by atoms with Crippen LogP contribution in [0.25, 0.3) is 0 Å². The number of aliphatic hydroxyl groups excluding tert-OH is 1. The Hall–Kier alpha value is -1.96. The molecular formula is C12H19N5O3. The lowest BCUT2D eigenvalue weighted by Crippen LogP contribution is -2.37. The van der Waals surface area contributed by atoms with E-state index in [0.29, 0.717) is 24.8 Å². The zero-order valence-corrected chi connectivity index (χ0v) is 11.6. The molecule has 110 valence electrons. The maximum absolute atomic E-state index is 11.3. The third-order valence-electron chi connectivity index (χ3n) is 3.43. The van der Waals surface area contributed by atoms with E-state index in [4.69, 9.17) is 0 Å². The molecule has 0 radical (unpaired) electrons. The highest BCUT2D eigenvalue weighted by molar-refractivity contribution is 5.70. The van der Waals surface area contributed by atoms with Crippen LogP contribution < -0.4 is 10.2 Å². The molecule has 1 aliphatic rings. The van der Waals surface area contributed by atoms with Crippen molar-refractivity contribution in [1.29, 1.82) is 0 Å². The summed E-state index contributed by atoms with van der Waals surface area (Å²) in [7, 11) is 1.77. The Labute approximate surface area is 117 Å². The minimum Gasteiger partial charge on any atom is -0.393 e. The lowest BCUT2D eigenvalue weighted by atomic mass is 9.82. The molecule has 0 aliphatic heterocycles. The number of nitrogens with zero attached hydrogens (tertiary/aromatic N) is 4. The normalized spacial score (nSPS) is 21.1. The average molecular weight is 281 g/mol. The van der Waals surface area contributed by atoms with Gasteiger partial charge in [0.15, 0.2) is 0 Å². The van der Waals surface area contributed by atoms with Gasteiger partial charge >= 0.3 is 5.69 Å². The highest BCUT2D eigenvalue weighted by Gasteiger charge is 2.31. The predicted molar refractivity (Wildman–Crippen MR) is 74.9 cm³/mol. The molecule has 1 fully saturated rings. The summed E-state index contributed by atoms with van der Waals surface area (Å²) in [6.07, 6.45) is 2.57. The van der Waals surface area contributed by atoms with E-state index in [1.54, 1.807) is 11.9 Å². The molecule has 1 aromatic heterocycles. The summed E-state index contributed by atoms with van der Waals surface area (Å²) >= 11 is 0. The van der Waals surface area contributed by atoms with Gasteiger partial charge in [-0.15, -0.1) is 0 Å². The molecule has 0 amide bonds. The fourth-order valence-corrected chi connectivity index (χ4v) is 2.44. The van der Waals surface area contributed by atoms with Crippen molar-refractivity contribution in [2.45, 2.75) is 25.9 Å². The third-order valence-corrected chi connectivity index (χ3v) is 3.43. The van der Waals surface area contributed by atoms with Crippen molar-refractivity contribution in [3.63, 3.8) is 0 Å². The summed E-state index contributed by atoms with van der Waals surface area (Å²) < 4.78 is 0. The molecule has 0 unspecified atom stereocenters. The fourth-order valence-electron chi connectivity index (χ4n) is 2.44. The molecule has 0 aromatic carbocycles. The molecule has 1 aromatic rings. The smallest absolute Gasteiger partial charge is 0.353 e. The lowest BCUT2D eigenvalue weighted by molar-refractivity contribution is -0.383. The number of aliphatic hydroxyl groups is 1. The van der Waals surface area contributed by atoms with Gasteiger partial charge in [0, 0.05) is 20.1 Å². The first-order chi connectivity index (χ1) is 9.52. The molecular weight excluding hydrogens is 262 g/mol. The van der Waals surface area contributed by atoms with Crippen molar-refractivity contribution in [3.8, 4) is 0 Å². The maximum atomic E-state index is 11.3. The van der Waals surface area contributed by atoms with E-state index in [1.165, 1.54) is 6.33 Å². The van der Waals surface area contributed by atoms with E-state index in [0.717, 1.165) is 12.8 Å². The monoisotopic (exact) mass is 281 g/mol. The van der Waals surface area contributed by atoms with Gasteiger partial charge in [0.05, 0.1) is 11.0 Å². The molecule has 1 aliphatic carbocycles. The van der Waals surface area contributed by atoms with Crippen LogP contribution >= 0.6 is 0 Å². The van der Waals surface area contributed by atoms with Crippen LogP contribution in [0, 0.1) is 16.0 Å². The Kier molecular flexibility index (Phi) is 4.33. The molecule has 2 N–H and O–H groups in total.